The molecule has 0 saturated carbocycles. The highest BCUT2D eigenvalue weighted by Gasteiger charge is 2.21. The van der Waals surface area contributed by atoms with Crippen molar-refractivity contribution in [3.63, 3.8) is 0 Å². The van der Waals surface area contributed by atoms with Crippen LogP contribution in [0.25, 0.3) is 21.5 Å². The zero-order valence-electron chi connectivity index (χ0n) is 13.4. The number of nitrogens with zero attached hydrogens (tertiary/aromatic N) is 2. The van der Waals surface area contributed by atoms with Gasteiger partial charge >= 0.3 is 0 Å². The number of anilines is 1. The van der Waals surface area contributed by atoms with Crippen LogP contribution in [-0.2, 0) is 0 Å². The minimum absolute atomic E-state index is 0.998. The molecule has 0 atom stereocenters. The van der Waals surface area contributed by atoms with E-state index >= 15 is 0 Å². The second-order valence-corrected chi connectivity index (χ2v) is 6.17. The number of aliphatic imine (C=N–C) groups is 1. The van der Waals surface area contributed by atoms with Gasteiger partial charge in [-0.3, -0.25) is 0 Å². The summed E-state index contributed by atoms with van der Waals surface area (Å²) in [4.78, 5) is 7.21. The molecule has 0 unspecified atom stereocenters. The number of rotatable bonds is 1. The third-order valence-electron chi connectivity index (χ3n) is 4.80. The molecular weight excluding hydrogens is 292 g/mol. The van der Waals surface area contributed by atoms with E-state index in [2.05, 4.69) is 90.8 Å². The Bertz CT molecular complexity index is 1110. The van der Waals surface area contributed by atoms with Crippen LogP contribution in [0.3, 0.4) is 0 Å². The fourth-order valence-corrected chi connectivity index (χ4v) is 3.64. The van der Waals surface area contributed by atoms with Crippen molar-refractivity contribution in [2.75, 3.05) is 11.9 Å². The maximum absolute atomic E-state index is 5.01. The van der Waals surface area contributed by atoms with Crippen LogP contribution in [0.1, 0.15) is 5.56 Å². The number of amidine groups is 1. The van der Waals surface area contributed by atoms with Gasteiger partial charge in [0.15, 0.2) is 0 Å². The standard InChI is InChI=1S/C22H16N2/c1-24-20-14-6-10-16-9-5-13-19(21(16)20)23-22(24)18-12-4-8-15-7-2-3-11-17(15)18/h2-14H,1H3. The second-order valence-electron chi connectivity index (χ2n) is 6.17. The van der Waals surface area contributed by atoms with Crippen LogP contribution in [0.15, 0.2) is 83.9 Å². The SMILES string of the molecule is CN1C(c2cccc3ccccc23)=Nc2cccc3cccc1c23. The molecule has 5 rings (SSSR count). The van der Waals surface area contributed by atoms with E-state index in [0.717, 1.165) is 11.5 Å². The molecule has 2 heteroatoms. The van der Waals surface area contributed by atoms with Gasteiger partial charge in [-0.2, -0.15) is 0 Å². The van der Waals surface area contributed by atoms with E-state index in [4.69, 9.17) is 4.99 Å². The lowest BCUT2D eigenvalue weighted by Crippen LogP contribution is -2.29. The number of hydrogen-bond donors (Lipinski definition) is 0. The van der Waals surface area contributed by atoms with Gasteiger partial charge in [0.1, 0.15) is 5.84 Å². The molecule has 0 spiro atoms. The quantitative estimate of drug-likeness (QED) is 0.452. The van der Waals surface area contributed by atoms with Crippen LogP contribution in [0, 0.1) is 0 Å². The Balaban J connectivity index is 1.83. The highest BCUT2D eigenvalue weighted by atomic mass is 15.2. The fraction of sp³-hybridized carbons (Fsp3) is 0.0455. The molecule has 0 aromatic heterocycles. The third-order valence-corrected chi connectivity index (χ3v) is 4.80. The molecule has 4 aromatic rings. The molecule has 0 saturated heterocycles. The Hall–Kier alpha value is -3.13. The van der Waals surface area contributed by atoms with Crippen LogP contribution in [0.4, 0.5) is 11.4 Å². The Labute approximate surface area is 140 Å². The summed E-state index contributed by atoms with van der Waals surface area (Å²) in [6, 6.07) is 27.7. The Morgan fingerprint density at radius 2 is 1.42 bits per heavy atom. The normalized spacial score (nSPS) is 13.4. The second kappa shape index (κ2) is 4.93. The van der Waals surface area contributed by atoms with Gasteiger partial charge in [0.2, 0.25) is 0 Å². The lowest BCUT2D eigenvalue weighted by atomic mass is 10.00. The zero-order valence-corrected chi connectivity index (χ0v) is 13.4. The van der Waals surface area contributed by atoms with E-state index in [1.165, 1.54) is 32.8 Å². The minimum atomic E-state index is 0.998. The molecule has 1 aliphatic heterocycles. The van der Waals surface area contributed by atoms with Gasteiger partial charge in [0, 0.05) is 18.0 Å². The van der Waals surface area contributed by atoms with Crippen LogP contribution in [0.5, 0.6) is 0 Å². The minimum Gasteiger partial charge on any atom is -0.328 e. The van der Waals surface area contributed by atoms with Gasteiger partial charge in [0.25, 0.3) is 0 Å². The molecule has 0 bridgehead atoms. The summed E-state index contributed by atoms with van der Waals surface area (Å²) in [5.41, 5.74) is 3.42. The first-order valence-electron chi connectivity index (χ1n) is 8.15. The van der Waals surface area contributed by atoms with E-state index in [0.29, 0.717) is 0 Å². The monoisotopic (exact) mass is 308 g/mol. The molecule has 24 heavy (non-hydrogen) atoms. The maximum atomic E-state index is 5.01. The summed E-state index contributed by atoms with van der Waals surface area (Å²) in [6.07, 6.45) is 0. The van der Waals surface area contributed by atoms with Crippen LogP contribution >= 0.6 is 0 Å². The number of hydrogen-bond acceptors (Lipinski definition) is 2. The van der Waals surface area contributed by atoms with Crippen molar-refractivity contribution in [3.05, 3.63) is 84.4 Å². The van der Waals surface area contributed by atoms with Crippen LogP contribution in [0.2, 0.25) is 0 Å². The van der Waals surface area contributed by atoms with Crippen molar-refractivity contribution in [2.24, 2.45) is 4.99 Å². The molecule has 0 radical (unpaired) electrons. The zero-order chi connectivity index (χ0) is 16.1. The molecule has 0 amide bonds. The highest BCUT2D eigenvalue weighted by Crippen LogP contribution is 2.39. The summed E-state index contributed by atoms with van der Waals surface area (Å²) >= 11 is 0. The largest absolute Gasteiger partial charge is 0.328 e. The number of fused-ring (bicyclic) bond motifs is 1. The van der Waals surface area contributed by atoms with Gasteiger partial charge in [-0.05, 0) is 28.3 Å². The molecule has 1 heterocycles. The summed E-state index contributed by atoms with van der Waals surface area (Å²) in [6.45, 7) is 0. The molecular formula is C22H16N2. The van der Waals surface area contributed by atoms with E-state index in [1.54, 1.807) is 0 Å². The number of benzene rings is 4. The predicted octanol–water partition coefficient (Wildman–Crippen LogP) is 5.52. The smallest absolute Gasteiger partial charge is 0.141 e. The molecule has 1 aliphatic rings. The average Bonchev–Trinajstić information content (AvgIpc) is 2.64. The first kappa shape index (κ1) is 13.3. The first-order valence-corrected chi connectivity index (χ1v) is 8.15. The summed E-state index contributed by atoms with van der Waals surface area (Å²) < 4.78 is 0. The van der Waals surface area contributed by atoms with Gasteiger partial charge < -0.3 is 4.90 Å². The maximum Gasteiger partial charge on any atom is 0.141 e. The summed E-state index contributed by atoms with van der Waals surface area (Å²) in [7, 11) is 2.10. The van der Waals surface area contributed by atoms with Gasteiger partial charge in [-0.25, -0.2) is 4.99 Å². The van der Waals surface area contributed by atoms with Crippen molar-refractivity contribution in [2.45, 2.75) is 0 Å². The van der Waals surface area contributed by atoms with Gasteiger partial charge in [-0.15, -0.1) is 0 Å². The van der Waals surface area contributed by atoms with Crippen molar-refractivity contribution in [3.8, 4) is 0 Å². The summed E-state index contributed by atoms with van der Waals surface area (Å²) in [5.74, 6) is 0.998. The van der Waals surface area contributed by atoms with Crippen molar-refractivity contribution >= 4 is 38.8 Å². The Morgan fingerprint density at radius 3 is 2.33 bits per heavy atom. The third kappa shape index (κ3) is 1.80. The fourth-order valence-electron chi connectivity index (χ4n) is 3.64. The van der Waals surface area contributed by atoms with E-state index in [-0.39, 0.29) is 0 Å². The first-order chi connectivity index (χ1) is 11.8. The lowest BCUT2D eigenvalue weighted by molar-refractivity contribution is 1.24. The molecule has 0 fully saturated rings. The van der Waals surface area contributed by atoms with Crippen molar-refractivity contribution in [1.82, 2.24) is 0 Å². The molecule has 4 aromatic carbocycles. The van der Waals surface area contributed by atoms with E-state index < -0.39 is 0 Å². The highest BCUT2D eigenvalue weighted by molar-refractivity contribution is 6.23. The van der Waals surface area contributed by atoms with Crippen LogP contribution < -0.4 is 4.90 Å². The predicted molar refractivity (Wildman–Crippen MR) is 102 cm³/mol. The Kier molecular flexibility index (Phi) is 2.74. The topological polar surface area (TPSA) is 15.6 Å². The Morgan fingerprint density at radius 1 is 0.708 bits per heavy atom. The molecule has 114 valence electrons. The van der Waals surface area contributed by atoms with E-state index in [9.17, 15) is 0 Å². The lowest BCUT2D eigenvalue weighted by Gasteiger charge is -2.28. The van der Waals surface area contributed by atoms with Crippen molar-refractivity contribution < 1.29 is 0 Å². The molecule has 0 N–H and O–H groups in total. The van der Waals surface area contributed by atoms with E-state index in [1.807, 2.05) is 0 Å². The molecule has 0 aliphatic carbocycles. The molecule has 2 nitrogen and oxygen atoms in total. The van der Waals surface area contributed by atoms with Gasteiger partial charge in [-0.1, -0.05) is 66.7 Å². The van der Waals surface area contributed by atoms with Crippen LogP contribution in [-0.4, -0.2) is 12.9 Å². The van der Waals surface area contributed by atoms with Crippen molar-refractivity contribution in [1.29, 1.82) is 0 Å². The summed E-state index contributed by atoms with van der Waals surface area (Å²) in [5, 5.41) is 4.93. The average molecular weight is 308 g/mol. The van der Waals surface area contributed by atoms with Gasteiger partial charge in [0.05, 0.1) is 11.4 Å².